The van der Waals surface area contributed by atoms with Crippen LogP contribution in [0.3, 0.4) is 0 Å². The summed E-state index contributed by atoms with van der Waals surface area (Å²) in [6.07, 6.45) is 0.770. The zero-order valence-electron chi connectivity index (χ0n) is 14.7. The molecule has 2 rings (SSSR count). The van der Waals surface area contributed by atoms with Crippen LogP contribution in [0.4, 0.5) is 11.4 Å². The number of oxime groups is 1. The molecule has 2 aromatic rings. The Morgan fingerprint density at radius 1 is 1.08 bits per heavy atom. The fourth-order valence-electron chi connectivity index (χ4n) is 2.26. The normalized spacial score (nSPS) is 11.9. The molecule has 0 saturated heterocycles. The SMILES string of the molecule is CCC(C)(C)C(=NOc1ccc([N+](=O)[O-])cc1[N+](=O)[O-])c1ccccc1. The van der Waals surface area contributed by atoms with Crippen molar-refractivity contribution in [3.05, 3.63) is 74.3 Å². The Bertz CT molecular complexity index is 847. The molecule has 0 fully saturated rings. The highest BCUT2D eigenvalue weighted by atomic mass is 16.7. The van der Waals surface area contributed by atoms with Crippen LogP contribution in [-0.4, -0.2) is 15.6 Å². The molecule has 0 heterocycles. The van der Waals surface area contributed by atoms with Gasteiger partial charge in [-0.1, -0.05) is 56.3 Å². The van der Waals surface area contributed by atoms with E-state index in [2.05, 4.69) is 5.16 Å². The molecule has 8 heteroatoms. The molecular formula is C18H19N3O5. The number of benzene rings is 2. The zero-order chi connectivity index (χ0) is 19.3. The van der Waals surface area contributed by atoms with Crippen LogP contribution in [0.25, 0.3) is 0 Å². The van der Waals surface area contributed by atoms with Gasteiger partial charge in [-0.25, -0.2) is 0 Å². The maximum Gasteiger partial charge on any atom is 0.321 e. The molecule has 0 aliphatic carbocycles. The molecule has 0 saturated carbocycles. The number of nitrogens with zero attached hydrogens (tertiary/aromatic N) is 3. The highest BCUT2D eigenvalue weighted by Crippen LogP contribution is 2.32. The first-order chi connectivity index (χ1) is 12.3. The van der Waals surface area contributed by atoms with Crippen molar-refractivity contribution in [2.24, 2.45) is 10.6 Å². The summed E-state index contributed by atoms with van der Waals surface area (Å²) >= 11 is 0. The fraction of sp³-hybridized carbons (Fsp3) is 0.278. The number of nitro groups is 2. The third-order valence-electron chi connectivity index (χ3n) is 4.16. The first-order valence-corrected chi connectivity index (χ1v) is 8.00. The molecule has 0 atom stereocenters. The summed E-state index contributed by atoms with van der Waals surface area (Å²) in [5, 5.41) is 26.2. The van der Waals surface area contributed by atoms with Crippen LogP contribution < -0.4 is 4.84 Å². The summed E-state index contributed by atoms with van der Waals surface area (Å²) in [6, 6.07) is 12.6. The van der Waals surface area contributed by atoms with Crippen LogP contribution in [0.2, 0.25) is 0 Å². The average molecular weight is 357 g/mol. The molecule has 0 N–H and O–H groups in total. The van der Waals surface area contributed by atoms with Gasteiger partial charge in [0.1, 0.15) is 0 Å². The lowest BCUT2D eigenvalue weighted by Gasteiger charge is -2.24. The topological polar surface area (TPSA) is 108 Å². The average Bonchev–Trinajstić information content (AvgIpc) is 2.62. The molecule has 0 aliphatic rings. The van der Waals surface area contributed by atoms with E-state index < -0.39 is 15.5 Å². The molecule has 0 bridgehead atoms. The zero-order valence-corrected chi connectivity index (χ0v) is 14.7. The van der Waals surface area contributed by atoms with Crippen molar-refractivity contribution in [1.82, 2.24) is 0 Å². The highest BCUT2D eigenvalue weighted by molar-refractivity contribution is 6.04. The highest BCUT2D eigenvalue weighted by Gasteiger charge is 2.27. The third-order valence-corrected chi connectivity index (χ3v) is 4.16. The van der Waals surface area contributed by atoms with Crippen molar-refractivity contribution in [2.75, 3.05) is 0 Å². The second-order valence-corrected chi connectivity index (χ2v) is 6.30. The van der Waals surface area contributed by atoms with Gasteiger partial charge in [0.05, 0.1) is 21.6 Å². The lowest BCUT2D eigenvalue weighted by molar-refractivity contribution is -0.394. The quantitative estimate of drug-likeness (QED) is 0.404. The van der Waals surface area contributed by atoms with Crippen LogP contribution in [0.1, 0.15) is 32.8 Å². The van der Waals surface area contributed by atoms with Gasteiger partial charge in [0.15, 0.2) is 0 Å². The first kappa shape index (κ1) is 19.0. The van der Waals surface area contributed by atoms with E-state index in [0.29, 0.717) is 5.71 Å². The minimum atomic E-state index is -0.731. The molecule has 0 amide bonds. The lowest BCUT2D eigenvalue weighted by atomic mass is 9.81. The molecule has 0 aromatic heterocycles. The van der Waals surface area contributed by atoms with Crippen LogP contribution in [0.5, 0.6) is 5.75 Å². The lowest BCUT2D eigenvalue weighted by Crippen LogP contribution is -2.25. The smallest absolute Gasteiger partial charge is 0.321 e. The largest absolute Gasteiger partial charge is 0.349 e. The van der Waals surface area contributed by atoms with Crippen molar-refractivity contribution in [3.63, 3.8) is 0 Å². The molecule has 2 aromatic carbocycles. The van der Waals surface area contributed by atoms with Crippen molar-refractivity contribution >= 4 is 17.1 Å². The minimum absolute atomic E-state index is 0.152. The molecule has 26 heavy (non-hydrogen) atoms. The van der Waals surface area contributed by atoms with Crippen molar-refractivity contribution in [2.45, 2.75) is 27.2 Å². The molecular weight excluding hydrogens is 338 g/mol. The van der Waals surface area contributed by atoms with Crippen LogP contribution in [0, 0.1) is 25.6 Å². The van der Waals surface area contributed by atoms with Crippen LogP contribution in [0.15, 0.2) is 53.7 Å². The summed E-state index contributed by atoms with van der Waals surface area (Å²) in [7, 11) is 0. The first-order valence-electron chi connectivity index (χ1n) is 8.00. The van der Waals surface area contributed by atoms with Gasteiger partial charge in [-0.2, -0.15) is 0 Å². The second-order valence-electron chi connectivity index (χ2n) is 6.30. The predicted octanol–water partition coefficient (Wildman–Crippen LogP) is 4.72. The number of hydrogen-bond acceptors (Lipinski definition) is 6. The molecule has 0 radical (unpaired) electrons. The Hall–Kier alpha value is -3.29. The van der Waals surface area contributed by atoms with Crippen molar-refractivity contribution < 1.29 is 14.7 Å². The predicted molar refractivity (Wildman–Crippen MR) is 97.4 cm³/mol. The molecule has 0 spiro atoms. The summed E-state index contributed by atoms with van der Waals surface area (Å²) < 4.78 is 0. The van der Waals surface area contributed by atoms with Gasteiger partial charge in [0, 0.05) is 11.5 Å². The van der Waals surface area contributed by atoms with Crippen molar-refractivity contribution in [3.8, 4) is 5.75 Å². The Balaban J connectivity index is 2.47. The van der Waals surface area contributed by atoms with E-state index in [4.69, 9.17) is 4.84 Å². The second kappa shape index (κ2) is 7.73. The number of nitro benzene ring substituents is 2. The van der Waals surface area contributed by atoms with E-state index in [0.717, 1.165) is 24.1 Å². The van der Waals surface area contributed by atoms with Crippen LogP contribution >= 0.6 is 0 Å². The Kier molecular flexibility index (Phi) is 5.66. The molecule has 8 nitrogen and oxygen atoms in total. The number of non-ortho nitro benzene ring substituents is 1. The van der Waals surface area contributed by atoms with Gasteiger partial charge in [-0.15, -0.1) is 0 Å². The fourth-order valence-corrected chi connectivity index (χ4v) is 2.26. The van der Waals surface area contributed by atoms with Crippen LogP contribution in [-0.2, 0) is 0 Å². The maximum atomic E-state index is 11.2. The van der Waals surface area contributed by atoms with E-state index in [-0.39, 0.29) is 16.9 Å². The monoisotopic (exact) mass is 357 g/mol. The van der Waals surface area contributed by atoms with Gasteiger partial charge in [-0.3, -0.25) is 20.2 Å². The molecule has 0 unspecified atom stereocenters. The summed E-state index contributed by atoms with van der Waals surface area (Å²) in [4.78, 5) is 26.0. The summed E-state index contributed by atoms with van der Waals surface area (Å²) in [6.45, 7) is 5.99. The Morgan fingerprint density at radius 3 is 2.27 bits per heavy atom. The molecule has 0 aliphatic heterocycles. The number of hydrogen-bond donors (Lipinski definition) is 0. The van der Waals surface area contributed by atoms with E-state index in [1.54, 1.807) is 0 Å². The summed E-state index contributed by atoms with van der Waals surface area (Å²) in [5.41, 5.74) is 0.240. The molecule has 136 valence electrons. The van der Waals surface area contributed by atoms with E-state index in [1.165, 1.54) is 6.07 Å². The van der Waals surface area contributed by atoms with Gasteiger partial charge < -0.3 is 4.84 Å². The van der Waals surface area contributed by atoms with E-state index >= 15 is 0 Å². The summed E-state index contributed by atoms with van der Waals surface area (Å²) in [5.74, 6) is -0.152. The van der Waals surface area contributed by atoms with Gasteiger partial charge in [0.25, 0.3) is 5.69 Å². The van der Waals surface area contributed by atoms with Gasteiger partial charge >= 0.3 is 5.69 Å². The Morgan fingerprint density at radius 2 is 1.73 bits per heavy atom. The third kappa shape index (κ3) is 4.21. The number of rotatable bonds is 7. The maximum absolute atomic E-state index is 11.2. The van der Waals surface area contributed by atoms with Gasteiger partial charge in [0.2, 0.25) is 5.75 Å². The minimum Gasteiger partial charge on any atom is -0.349 e. The Labute approximate surface area is 150 Å². The van der Waals surface area contributed by atoms with E-state index in [1.807, 2.05) is 51.1 Å². The standard InChI is InChI=1S/C18H19N3O5/c1-4-18(2,3)17(13-8-6-5-7-9-13)19-26-16-11-10-14(20(22)23)12-15(16)21(24)25/h5-12H,4H2,1-3H3. The van der Waals surface area contributed by atoms with Crippen molar-refractivity contribution in [1.29, 1.82) is 0 Å². The van der Waals surface area contributed by atoms with E-state index in [9.17, 15) is 20.2 Å². The van der Waals surface area contributed by atoms with Gasteiger partial charge in [-0.05, 0) is 18.1 Å².